The van der Waals surface area contributed by atoms with Crippen LogP contribution in [-0.4, -0.2) is 126 Å². The van der Waals surface area contributed by atoms with E-state index >= 15 is 0 Å². The van der Waals surface area contributed by atoms with E-state index in [1.165, 1.54) is 16.9 Å². The minimum atomic E-state index is -1.83. The lowest BCUT2D eigenvalue weighted by atomic mass is 9.83. The number of aromatic nitrogens is 2. The molecule has 2 saturated heterocycles. The first kappa shape index (κ1) is 46.7. The third kappa shape index (κ3) is 9.85. The second kappa shape index (κ2) is 18.9. The first-order valence-electron chi connectivity index (χ1n) is 20.9. The van der Waals surface area contributed by atoms with E-state index < -0.39 is 65.7 Å². The van der Waals surface area contributed by atoms with Gasteiger partial charge in [-0.1, -0.05) is 48.4 Å². The number of hydrazine groups is 1. The van der Waals surface area contributed by atoms with Gasteiger partial charge in [0, 0.05) is 70.8 Å². The van der Waals surface area contributed by atoms with Gasteiger partial charge in [0.25, 0.3) is 0 Å². The summed E-state index contributed by atoms with van der Waals surface area (Å²) in [7, 11) is 8.36. The Balaban J connectivity index is 1.27. The summed E-state index contributed by atoms with van der Waals surface area (Å²) in [6.07, 6.45) is 2.86. The Bertz CT molecular complexity index is 2250. The molecule has 2 aromatic heterocycles. The van der Waals surface area contributed by atoms with Crippen LogP contribution in [0.25, 0.3) is 11.0 Å². The van der Waals surface area contributed by atoms with Crippen LogP contribution in [0.5, 0.6) is 0 Å². The number of likely N-dealkylation sites (N-methyl/N-ethyl adjacent to an activating group) is 1. The maximum absolute atomic E-state index is 14.3. The highest BCUT2D eigenvalue weighted by Crippen LogP contribution is 2.49. The number of nitrogens with one attached hydrogen (secondary N) is 2. The van der Waals surface area contributed by atoms with Gasteiger partial charge in [-0.15, -0.1) is 0 Å². The summed E-state index contributed by atoms with van der Waals surface area (Å²) in [5.41, 5.74) is 4.90. The molecule has 3 amide bonds. The number of hydrogen-bond acceptors (Lipinski definition) is 12. The second-order valence-electron chi connectivity index (χ2n) is 17.1. The Labute approximate surface area is 368 Å². The van der Waals surface area contributed by atoms with Gasteiger partial charge in [0.15, 0.2) is 5.72 Å². The molecular weight excluding hydrogens is 818 g/mol. The fourth-order valence-corrected chi connectivity index (χ4v) is 8.72. The lowest BCUT2D eigenvalue weighted by molar-refractivity contribution is -0.162. The standard InChI is InChI=1S/C45H60ClN7O9/c1-26-13-11-15-35(59-10)45(58)24-34(60-43(57)49-45)28(3)40-44(5,62-40)36(23-38(55)52(9)33-21-30(19-26)20-27(2)39(33)46)61-42(56)29(4)51(8)37(54)16-18-53-32(25-50(7)47-6)22-31-14-12-17-48-41(31)53/h11-15,17,20-22,28-29,34-36,40,47,58H,16,18-19,23-25H2,1-10H3,(H,49,57)/b15-11+,26-13+/t28-,29+,34+,35-,36+,40?,44+,45-/m1/s1. The van der Waals surface area contributed by atoms with Crippen molar-refractivity contribution in [2.75, 3.05) is 40.2 Å². The lowest BCUT2D eigenvalue weighted by Crippen LogP contribution is -2.63. The summed E-state index contributed by atoms with van der Waals surface area (Å²) in [5.74, 6) is -1.96. The van der Waals surface area contributed by atoms with Gasteiger partial charge in [0.1, 0.15) is 35.6 Å². The number of hydrogen-bond donors (Lipinski definition) is 3. The van der Waals surface area contributed by atoms with Gasteiger partial charge in [-0.25, -0.2) is 19.6 Å². The number of aliphatic hydroxyl groups is 1. The smallest absolute Gasteiger partial charge is 0.409 e. The highest BCUT2D eigenvalue weighted by molar-refractivity contribution is 6.34. The average Bonchev–Trinajstić information content (AvgIpc) is 3.81. The number of methoxy groups -OCH3 is 1. The zero-order valence-electron chi connectivity index (χ0n) is 37.2. The average molecular weight is 878 g/mol. The van der Waals surface area contributed by atoms with Gasteiger partial charge in [0.2, 0.25) is 11.8 Å². The summed E-state index contributed by atoms with van der Waals surface area (Å²) in [6, 6.07) is 8.66. The number of aryl methyl sites for hydroxylation is 2. The molecular formula is C45H60ClN7O9. The second-order valence-corrected chi connectivity index (χ2v) is 17.4. The molecule has 3 aromatic rings. The number of ether oxygens (including phenoxy) is 4. The summed E-state index contributed by atoms with van der Waals surface area (Å²) in [4.78, 5) is 62.5. The fraction of sp³-hybridized carbons (Fsp3) is 0.533. The highest BCUT2D eigenvalue weighted by atomic mass is 35.5. The van der Waals surface area contributed by atoms with Gasteiger partial charge < -0.3 is 38.4 Å². The number of epoxide rings is 1. The van der Waals surface area contributed by atoms with Crippen LogP contribution >= 0.6 is 11.6 Å². The molecule has 0 aliphatic carbocycles. The van der Waals surface area contributed by atoms with Crippen molar-refractivity contribution in [2.24, 2.45) is 5.92 Å². The molecule has 1 unspecified atom stereocenters. The zero-order chi connectivity index (χ0) is 45.3. The number of pyridine rings is 1. The van der Waals surface area contributed by atoms with E-state index in [0.717, 1.165) is 33.4 Å². The number of halogens is 1. The molecule has 0 spiro atoms. The third-order valence-corrected chi connectivity index (χ3v) is 13.1. The van der Waals surface area contributed by atoms with Gasteiger partial charge >= 0.3 is 12.1 Å². The maximum Gasteiger partial charge on any atom is 0.409 e. The van der Waals surface area contributed by atoms with Crippen LogP contribution in [0.1, 0.15) is 63.8 Å². The monoisotopic (exact) mass is 877 g/mol. The first-order valence-corrected chi connectivity index (χ1v) is 21.3. The molecule has 62 heavy (non-hydrogen) atoms. The van der Waals surface area contributed by atoms with E-state index in [1.54, 1.807) is 46.3 Å². The summed E-state index contributed by atoms with van der Waals surface area (Å²) >= 11 is 6.83. The normalized spacial score (nSPS) is 28.6. The van der Waals surface area contributed by atoms with Crippen LogP contribution in [0.3, 0.4) is 0 Å². The van der Waals surface area contributed by atoms with E-state index in [2.05, 4.69) is 15.7 Å². The molecule has 8 atom stereocenters. The summed E-state index contributed by atoms with van der Waals surface area (Å²) in [5, 5.41) is 17.6. The number of amides is 3. The predicted octanol–water partition coefficient (Wildman–Crippen LogP) is 4.82. The van der Waals surface area contributed by atoms with Crippen molar-refractivity contribution in [3.05, 3.63) is 82.2 Å². The zero-order valence-corrected chi connectivity index (χ0v) is 38.0. The Morgan fingerprint density at radius 3 is 2.66 bits per heavy atom. The largest absolute Gasteiger partial charge is 0.457 e. The van der Waals surface area contributed by atoms with Crippen LogP contribution in [0.4, 0.5) is 10.5 Å². The van der Waals surface area contributed by atoms with E-state index in [0.29, 0.717) is 30.2 Å². The number of carbonyl (C=O) groups is 4. The lowest BCUT2D eigenvalue weighted by Gasteiger charge is -2.42. The first-order chi connectivity index (χ1) is 29.3. The summed E-state index contributed by atoms with van der Waals surface area (Å²) in [6.45, 7) is 9.84. The van der Waals surface area contributed by atoms with Gasteiger partial charge in [-0.05, 0) is 76.6 Å². The van der Waals surface area contributed by atoms with Crippen LogP contribution in [-0.2, 0) is 52.8 Å². The van der Waals surface area contributed by atoms with Crippen molar-refractivity contribution >= 4 is 52.2 Å². The van der Waals surface area contributed by atoms with Crippen molar-refractivity contribution in [1.82, 2.24) is 30.2 Å². The molecule has 0 radical (unpaired) electrons. The van der Waals surface area contributed by atoms with Crippen LogP contribution in [0, 0.1) is 12.8 Å². The van der Waals surface area contributed by atoms with Gasteiger partial charge in [-0.2, -0.15) is 0 Å². The van der Waals surface area contributed by atoms with Crippen molar-refractivity contribution in [3.8, 4) is 0 Å². The van der Waals surface area contributed by atoms with Crippen molar-refractivity contribution < 1.29 is 43.2 Å². The Kier molecular flexibility index (Phi) is 14.2. The minimum absolute atomic E-state index is 0.0520. The third-order valence-electron chi connectivity index (χ3n) is 12.6. The molecule has 17 heteroatoms. The Hall–Kier alpha value is -4.84. The molecule has 2 fully saturated rings. The van der Waals surface area contributed by atoms with E-state index in [4.69, 9.17) is 30.5 Å². The maximum atomic E-state index is 14.3. The molecule has 4 bridgehead atoms. The van der Waals surface area contributed by atoms with Crippen LogP contribution < -0.4 is 15.6 Å². The number of allylic oxidation sites excluding steroid dienone is 3. The number of rotatable bonds is 10. The topological polar surface area (TPSA) is 180 Å². The quantitative estimate of drug-likeness (QED) is 0.144. The number of carbonyl (C=O) groups excluding carboxylic acids is 4. The molecule has 5 heterocycles. The number of alkyl carbamates (subject to hydrolysis) is 1. The SMILES string of the molecule is CNN(C)Cc1cc2cccnc2n1CCC(=O)N(C)[C@@H](C)C(=O)O[C@H]1CC(=O)N(C)c2cc(cc(C)c2Cl)C/C(C)=C/C=C/[C@@H](OC)[C@]2(O)C[C@H](OC(=O)N2)[C@@H](C)C2O[C@]21C. The molecule has 6 rings (SSSR count). The minimum Gasteiger partial charge on any atom is -0.457 e. The molecule has 1 aromatic carbocycles. The number of nitrogens with zero attached hydrogens (tertiary/aromatic N) is 5. The molecule has 336 valence electrons. The number of benzene rings is 1. The van der Waals surface area contributed by atoms with E-state index in [9.17, 15) is 24.3 Å². The number of fused-ring (bicyclic) bond motifs is 6. The molecule has 3 aliphatic heterocycles. The fourth-order valence-electron chi connectivity index (χ4n) is 8.48. The van der Waals surface area contributed by atoms with E-state index in [-0.39, 0.29) is 25.2 Å². The number of esters is 1. The molecule has 3 N–H and O–H groups in total. The van der Waals surface area contributed by atoms with Gasteiger partial charge in [-0.3, -0.25) is 20.3 Å². The van der Waals surface area contributed by atoms with Crippen molar-refractivity contribution in [2.45, 2.75) is 115 Å². The molecule has 16 nitrogen and oxygen atoms in total. The van der Waals surface area contributed by atoms with Crippen molar-refractivity contribution in [1.29, 1.82) is 0 Å². The predicted molar refractivity (Wildman–Crippen MR) is 234 cm³/mol. The highest BCUT2D eigenvalue weighted by Gasteiger charge is 2.64. The van der Waals surface area contributed by atoms with Crippen LogP contribution in [0.15, 0.2) is 60.3 Å². The summed E-state index contributed by atoms with van der Waals surface area (Å²) < 4.78 is 26.0. The molecule has 0 saturated carbocycles. The Morgan fingerprint density at radius 1 is 1.21 bits per heavy atom. The van der Waals surface area contributed by atoms with Crippen LogP contribution in [0.2, 0.25) is 5.02 Å². The molecule has 3 aliphatic rings. The number of anilines is 1. The van der Waals surface area contributed by atoms with Gasteiger partial charge in [0.05, 0.1) is 29.8 Å². The van der Waals surface area contributed by atoms with Crippen molar-refractivity contribution in [3.63, 3.8) is 0 Å². The Morgan fingerprint density at radius 2 is 1.95 bits per heavy atom. The van der Waals surface area contributed by atoms with E-state index in [1.807, 2.05) is 80.9 Å².